The zero-order valence-electron chi connectivity index (χ0n) is 8.08. The van der Waals surface area contributed by atoms with E-state index >= 15 is 0 Å². The largest absolute Gasteiger partial charge is 0.366 e. The van der Waals surface area contributed by atoms with Crippen molar-refractivity contribution >= 4 is 17.7 Å². The fraction of sp³-hybridized carbons (Fsp3) is 0. The van der Waals surface area contributed by atoms with Gasteiger partial charge in [-0.2, -0.15) is 5.26 Å². The van der Waals surface area contributed by atoms with Gasteiger partial charge in [-0.3, -0.25) is 14.9 Å². The molecule has 1 aromatic carbocycles. The first kappa shape index (κ1) is 11.4. The van der Waals surface area contributed by atoms with E-state index in [-0.39, 0.29) is 16.8 Å². The van der Waals surface area contributed by atoms with Crippen LogP contribution in [0.15, 0.2) is 24.3 Å². The van der Waals surface area contributed by atoms with Gasteiger partial charge in [-0.05, 0) is 18.2 Å². The summed E-state index contributed by atoms with van der Waals surface area (Å²) in [5.74, 6) is -0.696. The van der Waals surface area contributed by atoms with Crippen LogP contribution in [-0.4, -0.2) is 10.8 Å². The van der Waals surface area contributed by atoms with E-state index in [1.54, 1.807) is 6.07 Å². The zero-order valence-corrected chi connectivity index (χ0v) is 8.08. The number of nitrogens with two attached hydrogens (primary N) is 1. The number of nitro groups is 1. The maximum absolute atomic E-state index is 10.7. The van der Waals surface area contributed by atoms with E-state index in [9.17, 15) is 14.9 Å². The summed E-state index contributed by atoms with van der Waals surface area (Å²) < 4.78 is 0. The van der Waals surface area contributed by atoms with Crippen molar-refractivity contribution in [2.24, 2.45) is 5.73 Å². The zero-order chi connectivity index (χ0) is 12.1. The highest BCUT2D eigenvalue weighted by Crippen LogP contribution is 2.21. The molecule has 0 unspecified atom stereocenters. The minimum absolute atomic E-state index is 0.183. The summed E-state index contributed by atoms with van der Waals surface area (Å²) in [5.41, 5.74) is 5.04. The predicted octanol–water partition coefficient (Wildman–Crippen LogP) is 0.965. The number of amides is 1. The lowest BCUT2D eigenvalue weighted by molar-refractivity contribution is -0.385. The Morgan fingerprint density at radius 2 is 2.25 bits per heavy atom. The van der Waals surface area contributed by atoms with E-state index in [1.807, 2.05) is 0 Å². The molecule has 1 rings (SSSR count). The van der Waals surface area contributed by atoms with Crippen molar-refractivity contribution in [2.75, 3.05) is 0 Å². The van der Waals surface area contributed by atoms with Crippen molar-refractivity contribution in [3.63, 3.8) is 0 Å². The molecule has 0 spiro atoms. The molecule has 16 heavy (non-hydrogen) atoms. The second-order valence-electron chi connectivity index (χ2n) is 2.88. The van der Waals surface area contributed by atoms with Crippen molar-refractivity contribution in [2.45, 2.75) is 0 Å². The Bertz CT molecular complexity index is 515. The Hall–Kier alpha value is -2.68. The molecule has 1 amide bonds. The lowest BCUT2D eigenvalue weighted by atomic mass is 10.1. The summed E-state index contributed by atoms with van der Waals surface area (Å²) >= 11 is 0. The Morgan fingerprint density at radius 1 is 1.56 bits per heavy atom. The number of nitro benzene ring substituents is 1. The number of hydrogen-bond donors (Lipinski definition) is 1. The van der Waals surface area contributed by atoms with Gasteiger partial charge >= 0.3 is 0 Å². The number of nitrogens with zero attached hydrogens (tertiary/aromatic N) is 2. The topological polar surface area (TPSA) is 110 Å². The van der Waals surface area contributed by atoms with Crippen LogP contribution in [0.4, 0.5) is 5.69 Å². The number of nitriles is 1. The lowest BCUT2D eigenvalue weighted by Gasteiger charge is -1.97. The number of carbonyl (C=O) groups is 1. The molecule has 0 radical (unpaired) electrons. The molecule has 0 bridgehead atoms. The van der Waals surface area contributed by atoms with E-state index in [4.69, 9.17) is 11.0 Å². The summed E-state index contributed by atoms with van der Waals surface area (Å²) in [6.45, 7) is 0. The van der Waals surface area contributed by atoms with Gasteiger partial charge in [0.15, 0.2) is 0 Å². The summed E-state index contributed by atoms with van der Waals surface area (Å²) in [5, 5.41) is 19.3. The molecule has 0 aliphatic carbocycles. The molecule has 6 heteroatoms. The Labute approximate surface area is 90.7 Å². The third-order valence-corrected chi connectivity index (χ3v) is 1.78. The molecular formula is C10H7N3O3. The lowest BCUT2D eigenvalue weighted by Crippen LogP contribution is -2.05. The summed E-state index contributed by atoms with van der Waals surface area (Å²) in [7, 11) is 0. The van der Waals surface area contributed by atoms with Crippen LogP contribution in [-0.2, 0) is 4.79 Å². The number of carbonyl (C=O) groups excluding carboxylic acids is 1. The number of benzene rings is 1. The molecule has 0 fully saturated rings. The summed E-state index contributed by atoms with van der Waals surface area (Å²) in [6.07, 6.45) is 2.26. The minimum atomic E-state index is -0.696. The van der Waals surface area contributed by atoms with Crippen LogP contribution >= 0.6 is 0 Å². The highest BCUT2D eigenvalue weighted by molar-refractivity contribution is 5.91. The Morgan fingerprint density at radius 3 is 2.75 bits per heavy atom. The maximum Gasteiger partial charge on any atom is 0.277 e. The van der Waals surface area contributed by atoms with E-state index < -0.39 is 10.8 Å². The molecule has 0 aliphatic rings. The van der Waals surface area contributed by atoms with Crippen LogP contribution in [0.5, 0.6) is 0 Å². The van der Waals surface area contributed by atoms with Gasteiger partial charge in [-0.15, -0.1) is 0 Å². The van der Waals surface area contributed by atoms with Crippen LogP contribution < -0.4 is 5.73 Å². The van der Waals surface area contributed by atoms with Crippen molar-refractivity contribution in [1.82, 2.24) is 0 Å². The van der Waals surface area contributed by atoms with Gasteiger partial charge in [0.2, 0.25) is 5.91 Å². The SMILES string of the molecule is N#Cc1ccc(C=CC(N)=O)c([N+](=O)[O-])c1. The van der Waals surface area contributed by atoms with Crippen molar-refractivity contribution in [3.05, 3.63) is 45.5 Å². The van der Waals surface area contributed by atoms with Crippen molar-refractivity contribution in [3.8, 4) is 6.07 Å². The number of primary amides is 1. The van der Waals surface area contributed by atoms with E-state index in [2.05, 4.69) is 0 Å². The summed E-state index contributed by atoms with van der Waals surface area (Å²) in [6, 6.07) is 5.74. The molecule has 0 saturated carbocycles. The molecule has 0 atom stereocenters. The fourth-order valence-corrected chi connectivity index (χ4v) is 1.08. The van der Waals surface area contributed by atoms with Crippen molar-refractivity contribution in [1.29, 1.82) is 5.26 Å². The van der Waals surface area contributed by atoms with Crippen LogP contribution in [0.1, 0.15) is 11.1 Å². The molecule has 0 aliphatic heterocycles. The van der Waals surface area contributed by atoms with Crippen molar-refractivity contribution < 1.29 is 9.72 Å². The minimum Gasteiger partial charge on any atom is -0.366 e. The second-order valence-corrected chi connectivity index (χ2v) is 2.88. The predicted molar refractivity (Wildman–Crippen MR) is 56.0 cm³/mol. The highest BCUT2D eigenvalue weighted by Gasteiger charge is 2.12. The third kappa shape index (κ3) is 2.65. The molecule has 0 saturated heterocycles. The van der Waals surface area contributed by atoms with Gasteiger partial charge in [0, 0.05) is 12.1 Å². The Kier molecular flexibility index (Phi) is 3.35. The quantitative estimate of drug-likeness (QED) is 0.461. The normalized spacial score (nSPS) is 9.94. The molecule has 6 nitrogen and oxygen atoms in total. The standard InChI is InChI=1S/C10H7N3O3/c11-6-7-1-2-8(3-4-10(12)14)9(5-7)13(15)16/h1-5H,(H2,12,14). The van der Waals surface area contributed by atoms with Gasteiger partial charge in [0.1, 0.15) is 0 Å². The van der Waals surface area contributed by atoms with Gasteiger partial charge in [-0.25, -0.2) is 0 Å². The van der Waals surface area contributed by atoms with Crippen LogP contribution in [0.2, 0.25) is 0 Å². The number of rotatable bonds is 3. The molecule has 0 heterocycles. The smallest absolute Gasteiger partial charge is 0.277 e. The van der Waals surface area contributed by atoms with E-state index in [1.165, 1.54) is 18.2 Å². The maximum atomic E-state index is 10.7. The first-order chi connectivity index (χ1) is 7.54. The first-order valence-electron chi connectivity index (χ1n) is 4.20. The van der Waals surface area contributed by atoms with Gasteiger partial charge in [-0.1, -0.05) is 0 Å². The van der Waals surface area contributed by atoms with E-state index in [0.29, 0.717) is 0 Å². The Balaban J connectivity index is 3.24. The molecular weight excluding hydrogens is 210 g/mol. The molecule has 1 aromatic rings. The fourth-order valence-electron chi connectivity index (χ4n) is 1.08. The van der Waals surface area contributed by atoms with Crippen LogP contribution in [0.25, 0.3) is 6.08 Å². The van der Waals surface area contributed by atoms with Crippen LogP contribution in [0.3, 0.4) is 0 Å². The van der Waals surface area contributed by atoms with Gasteiger partial charge in [0.25, 0.3) is 5.69 Å². The first-order valence-corrected chi connectivity index (χ1v) is 4.20. The monoisotopic (exact) mass is 217 g/mol. The third-order valence-electron chi connectivity index (χ3n) is 1.78. The number of hydrogen-bond acceptors (Lipinski definition) is 4. The van der Waals surface area contributed by atoms with E-state index in [0.717, 1.165) is 12.1 Å². The highest BCUT2D eigenvalue weighted by atomic mass is 16.6. The second kappa shape index (κ2) is 4.70. The van der Waals surface area contributed by atoms with Gasteiger partial charge < -0.3 is 5.73 Å². The average Bonchev–Trinajstić information content (AvgIpc) is 2.25. The molecule has 2 N–H and O–H groups in total. The summed E-state index contributed by atoms with van der Waals surface area (Å²) in [4.78, 5) is 20.5. The molecule has 0 aromatic heterocycles. The van der Waals surface area contributed by atoms with Crippen LogP contribution in [0, 0.1) is 21.4 Å². The average molecular weight is 217 g/mol. The molecule has 80 valence electrons. The van der Waals surface area contributed by atoms with Gasteiger partial charge in [0.05, 0.1) is 22.1 Å².